The Morgan fingerprint density at radius 1 is 1.08 bits per heavy atom. The van der Waals surface area contributed by atoms with Crippen molar-refractivity contribution in [2.45, 2.75) is 25.8 Å². The molecule has 2 aromatic heterocycles. The predicted octanol–water partition coefficient (Wildman–Crippen LogP) is 2.91. The van der Waals surface area contributed by atoms with Gasteiger partial charge in [0.2, 0.25) is 0 Å². The first-order chi connectivity index (χ1) is 18.4. The van der Waals surface area contributed by atoms with Crippen molar-refractivity contribution in [2.75, 3.05) is 11.8 Å². The third-order valence-electron chi connectivity index (χ3n) is 6.41. The minimum atomic E-state index is -3.82. The Kier molecular flexibility index (Phi) is 6.88. The summed E-state index contributed by atoms with van der Waals surface area (Å²) in [7, 11) is -1.17. The fraction of sp³-hybridized carbons (Fsp3) is 0.240. The van der Waals surface area contributed by atoms with Gasteiger partial charge in [0.25, 0.3) is 21.3 Å². The Morgan fingerprint density at radius 2 is 1.79 bits per heavy atom. The van der Waals surface area contributed by atoms with E-state index >= 15 is 4.39 Å². The number of anilines is 1. The lowest BCUT2D eigenvalue weighted by molar-refractivity contribution is 0.480. The number of nitrogens with one attached hydrogen (secondary N) is 2. The number of benzene rings is 2. The van der Waals surface area contributed by atoms with Crippen LogP contribution in [0.4, 0.5) is 10.1 Å². The zero-order chi connectivity index (χ0) is 28.2. The zero-order valence-corrected chi connectivity index (χ0v) is 24.0. The summed E-state index contributed by atoms with van der Waals surface area (Å²) in [6, 6.07) is 9.85. The van der Waals surface area contributed by atoms with Crippen LogP contribution in [0.3, 0.4) is 0 Å². The summed E-state index contributed by atoms with van der Waals surface area (Å²) in [5.41, 5.74) is -1.98. The largest absolute Gasteiger partial charge is 0.456 e. The van der Waals surface area contributed by atoms with Crippen molar-refractivity contribution in [3.8, 4) is 17.2 Å². The number of ether oxygens (including phenoxy) is 1. The van der Waals surface area contributed by atoms with Gasteiger partial charge in [-0.25, -0.2) is 18.5 Å². The minimum absolute atomic E-state index is 0.0823. The van der Waals surface area contributed by atoms with Gasteiger partial charge in [-0.1, -0.05) is 6.07 Å². The van der Waals surface area contributed by atoms with Gasteiger partial charge in [0.05, 0.1) is 16.9 Å². The van der Waals surface area contributed by atoms with Crippen LogP contribution in [0.5, 0.6) is 11.5 Å². The summed E-state index contributed by atoms with van der Waals surface area (Å²) >= 11 is 1.94. The number of nitrogens with zero attached hydrogens (tertiary/aromatic N) is 3. The molecule has 2 aromatic carbocycles. The molecule has 2 heterocycles. The van der Waals surface area contributed by atoms with Crippen LogP contribution in [0.25, 0.3) is 16.7 Å². The van der Waals surface area contributed by atoms with E-state index in [1.165, 1.54) is 57.4 Å². The van der Waals surface area contributed by atoms with Crippen LogP contribution < -0.4 is 31.0 Å². The van der Waals surface area contributed by atoms with Crippen molar-refractivity contribution in [2.24, 2.45) is 7.05 Å². The number of fused-ring (bicyclic) bond motifs is 1. The smallest absolute Gasteiger partial charge is 0.337 e. The first kappa shape index (κ1) is 27.1. The Morgan fingerprint density at radius 3 is 2.44 bits per heavy atom. The van der Waals surface area contributed by atoms with Crippen LogP contribution in [0, 0.1) is 16.3 Å². The van der Waals surface area contributed by atoms with Gasteiger partial charge >= 0.3 is 5.69 Å². The third kappa shape index (κ3) is 4.87. The average molecular weight is 667 g/mol. The van der Waals surface area contributed by atoms with E-state index in [4.69, 9.17) is 4.74 Å². The van der Waals surface area contributed by atoms with Crippen LogP contribution in [-0.2, 0) is 17.3 Å². The van der Waals surface area contributed by atoms with E-state index in [0.717, 1.165) is 13.7 Å². The molecule has 0 unspecified atom stereocenters. The standard InChI is InChI=1S/C25H23FIN5O6S/c1-13-21(38-17-6-4-5-15(12-17)29-39(36,37)28-2)20-22(30(3)23(13)33)32(19-10-7-14(27)11-18(19)26)25(35)31(24(20)34)16-8-9-16/h4-7,10-12,16,28-29H,8-9H2,1-3H3. The van der Waals surface area contributed by atoms with Crippen molar-refractivity contribution in [3.63, 3.8) is 0 Å². The summed E-state index contributed by atoms with van der Waals surface area (Å²) < 4.78 is 53.5. The van der Waals surface area contributed by atoms with Gasteiger partial charge in [0.1, 0.15) is 22.6 Å². The molecule has 0 atom stereocenters. The maximum Gasteiger partial charge on any atom is 0.337 e. The molecule has 5 rings (SSSR count). The highest BCUT2D eigenvalue weighted by Gasteiger charge is 2.32. The monoisotopic (exact) mass is 667 g/mol. The highest BCUT2D eigenvalue weighted by Crippen LogP contribution is 2.35. The summed E-state index contributed by atoms with van der Waals surface area (Å²) in [4.78, 5) is 40.8. The number of pyridine rings is 1. The number of hydrogen-bond acceptors (Lipinski definition) is 6. The Hall–Kier alpha value is -3.50. The molecule has 1 aliphatic carbocycles. The quantitative estimate of drug-likeness (QED) is 0.292. The van der Waals surface area contributed by atoms with Crippen molar-refractivity contribution in [1.82, 2.24) is 18.4 Å². The lowest BCUT2D eigenvalue weighted by Crippen LogP contribution is -2.42. The minimum Gasteiger partial charge on any atom is -0.456 e. The molecule has 0 saturated heterocycles. The van der Waals surface area contributed by atoms with E-state index in [1.54, 1.807) is 6.07 Å². The number of aryl methyl sites for hydroxylation is 1. The first-order valence-electron chi connectivity index (χ1n) is 11.8. The molecule has 0 bridgehead atoms. The second-order valence-corrected chi connectivity index (χ2v) is 11.9. The summed E-state index contributed by atoms with van der Waals surface area (Å²) in [5, 5.41) is -0.0831. The van der Waals surface area contributed by atoms with Gasteiger partial charge in [-0.15, -0.1) is 0 Å². The van der Waals surface area contributed by atoms with Crippen molar-refractivity contribution < 1.29 is 17.5 Å². The van der Waals surface area contributed by atoms with Gasteiger partial charge in [-0.3, -0.25) is 23.4 Å². The SMILES string of the molecule is CNS(=O)(=O)Nc1cccc(Oc2c(C)c(=O)n(C)c3c2c(=O)n(C2CC2)c(=O)n3-c2ccc(I)cc2F)c1. The lowest BCUT2D eigenvalue weighted by atomic mass is 10.2. The fourth-order valence-corrected chi connectivity index (χ4v) is 5.36. The van der Waals surface area contributed by atoms with Gasteiger partial charge in [-0.05, 0) is 72.7 Å². The molecule has 11 nitrogen and oxygen atoms in total. The Bertz CT molecular complexity index is 1950. The maximum atomic E-state index is 15.2. The molecule has 39 heavy (non-hydrogen) atoms. The average Bonchev–Trinajstić information content (AvgIpc) is 3.71. The molecule has 0 spiro atoms. The van der Waals surface area contributed by atoms with E-state index < -0.39 is 32.8 Å². The van der Waals surface area contributed by atoms with Gasteiger partial charge in [0.15, 0.2) is 5.75 Å². The zero-order valence-electron chi connectivity index (χ0n) is 21.0. The van der Waals surface area contributed by atoms with Crippen LogP contribution in [0.15, 0.2) is 56.8 Å². The van der Waals surface area contributed by atoms with Crippen molar-refractivity contribution in [1.29, 1.82) is 0 Å². The predicted molar refractivity (Wildman–Crippen MR) is 153 cm³/mol. The number of rotatable bonds is 7. The van der Waals surface area contributed by atoms with Crippen molar-refractivity contribution in [3.05, 3.63) is 88.6 Å². The normalized spacial score (nSPS) is 13.6. The lowest BCUT2D eigenvalue weighted by Gasteiger charge is -2.20. The molecule has 204 valence electrons. The van der Waals surface area contributed by atoms with Crippen LogP contribution in [-0.4, -0.2) is 29.2 Å². The van der Waals surface area contributed by atoms with E-state index in [-0.39, 0.29) is 45.5 Å². The highest BCUT2D eigenvalue weighted by atomic mass is 127. The second kappa shape index (κ2) is 9.91. The molecule has 1 aliphatic rings. The molecular formula is C25H23FIN5O6S. The molecule has 0 amide bonds. The molecule has 4 aromatic rings. The van der Waals surface area contributed by atoms with E-state index in [1.807, 2.05) is 22.6 Å². The second-order valence-electron chi connectivity index (χ2n) is 9.08. The Labute approximate surface area is 235 Å². The van der Waals surface area contributed by atoms with Crippen LogP contribution >= 0.6 is 22.6 Å². The molecule has 1 fully saturated rings. The van der Waals surface area contributed by atoms with Crippen LogP contribution in [0.1, 0.15) is 24.4 Å². The number of aromatic nitrogens is 3. The molecular weight excluding hydrogens is 644 g/mol. The topological polar surface area (TPSA) is 133 Å². The van der Waals surface area contributed by atoms with Gasteiger partial charge in [-0.2, -0.15) is 8.42 Å². The van der Waals surface area contributed by atoms with E-state index in [0.29, 0.717) is 16.4 Å². The maximum absolute atomic E-state index is 15.2. The summed E-state index contributed by atoms with van der Waals surface area (Å²) in [6.45, 7) is 1.48. The van der Waals surface area contributed by atoms with E-state index in [2.05, 4.69) is 9.44 Å². The van der Waals surface area contributed by atoms with Gasteiger partial charge < -0.3 is 4.74 Å². The summed E-state index contributed by atoms with van der Waals surface area (Å²) in [6.07, 6.45) is 1.20. The number of hydrogen-bond donors (Lipinski definition) is 2. The number of halogens is 2. The molecule has 0 radical (unpaired) electrons. The van der Waals surface area contributed by atoms with Crippen LogP contribution in [0.2, 0.25) is 0 Å². The third-order valence-corrected chi connectivity index (χ3v) is 8.13. The van der Waals surface area contributed by atoms with E-state index in [9.17, 15) is 22.8 Å². The molecule has 14 heteroatoms. The van der Waals surface area contributed by atoms with Gasteiger partial charge in [0, 0.05) is 29.8 Å². The Balaban J connectivity index is 1.83. The highest BCUT2D eigenvalue weighted by molar-refractivity contribution is 14.1. The van der Waals surface area contributed by atoms with Crippen molar-refractivity contribution >= 4 is 49.5 Å². The molecule has 0 aliphatic heterocycles. The summed E-state index contributed by atoms with van der Waals surface area (Å²) in [5.74, 6) is -0.688. The molecule has 2 N–H and O–H groups in total. The first-order valence-corrected chi connectivity index (χ1v) is 14.3. The molecule has 1 saturated carbocycles. The fourth-order valence-electron chi connectivity index (χ4n) is 4.37.